The zero-order valence-corrected chi connectivity index (χ0v) is 15.3. The Labute approximate surface area is 160 Å². The molecular formula is C16H20Cl2F6N2. The highest BCUT2D eigenvalue weighted by Gasteiger charge is 2.39. The number of rotatable bonds is 4. The molecule has 0 amide bonds. The van der Waals surface area contributed by atoms with Gasteiger partial charge < -0.3 is 5.32 Å². The van der Waals surface area contributed by atoms with Crippen LogP contribution in [0.4, 0.5) is 26.3 Å². The number of piperazine rings is 1. The van der Waals surface area contributed by atoms with Crippen LogP contribution in [0.1, 0.15) is 29.2 Å². The van der Waals surface area contributed by atoms with E-state index >= 15 is 0 Å². The molecule has 1 atom stereocenters. The Kier molecular flexibility index (Phi) is 9.46. The molecule has 0 aromatic heterocycles. The highest BCUT2D eigenvalue weighted by molar-refractivity contribution is 5.85. The first-order valence-electron chi connectivity index (χ1n) is 7.48. The lowest BCUT2D eigenvalue weighted by atomic mass is 9.93. The van der Waals surface area contributed by atoms with E-state index in [0.29, 0.717) is 44.4 Å². The molecule has 0 spiro atoms. The molecule has 1 aromatic rings. The molecule has 1 aliphatic rings. The first-order chi connectivity index (χ1) is 11.1. The maximum atomic E-state index is 13.3. The van der Waals surface area contributed by atoms with Crippen LogP contribution in [0.5, 0.6) is 0 Å². The molecule has 0 aliphatic carbocycles. The lowest BCUT2D eigenvalue weighted by Gasteiger charge is -2.36. The quantitative estimate of drug-likeness (QED) is 0.534. The Morgan fingerprint density at radius 1 is 1.04 bits per heavy atom. The standard InChI is InChI=1S/C16H18F6N2.2ClH/c1-2-3-14(24-8-6-23-7-9-24)12-10-11(15(17,18)19)4-5-13(12)16(20,21)22;;/h2,4-5,10,14,23H,1,3,6-9H2;2*1H/t14-;;/m1../s1. The van der Waals surface area contributed by atoms with Crippen molar-refractivity contribution in [3.8, 4) is 0 Å². The summed E-state index contributed by atoms with van der Waals surface area (Å²) in [6.45, 7) is 5.62. The molecule has 10 heteroatoms. The first kappa shape index (κ1) is 25.0. The minimum atomic E-state index is -4.72. The molecule has 1 aromatic carbocycles. The molecule has 26 heavy (non-hydrogen) atoms. The van der Waals surface area contributed by atoms with Gasteiger partial charge in [-0.2, -0.15) is 26.3 Å². The maximum absolute atomic E-state index is 13.3. The van der Waals surface area contributed by atoms with Gasteiger partial charge in [-0.05, 0) is 30.2 Å². The number of alkyl halides is 6. The van der Waals surface area contributed by atoms with Gasteiger partial charge in [-0.1, -0.05) is 6.08 Å². The second-order valence-corrected chi connectivity index (χ2v) is 5.62. The minimum absolute atomic E-state index is 0. The Bertz CT molecular complexity index is 583. The fourth-order valence-corrected chi connectivity index (χ4v) is 2.90. The average Bonchev–Trinajstić information content (AvgIpc) is 2.51. The minimum Gasteiger partial charge on any atom is -0.314 e. The van der Waals surface area contributed by atoms with E-state index in [1.807, 2.05) is 0 Å². The van der Waals surface area contributed by atoms with Crippen molar-refractivity contribution in [3.05, 3.63) is 47.5 Å². The number of hydrogen-bond acceptors (Lipinski definition) is 2. The molecule has 1 N–H and O–H groups in total. The van der Waals surface area contributed by atoms with E-state index in [9.17, 15) is 26.3 Å². The van der Waals surface area contributed by atoms with Gasteiger partial charge in [0.2, 0.25) is 0 Å². The van der Waals surface area contributed by atoms with Crippen molar-refractivity contribution < 1.29 is 26.3 Å². The van der Waals surface area contributed by atoms with Crippen molar-refractivity contribution in [1.82, 2.24) is 10.2 Å². The van der Waals surface area contributed by atoms with Crippen LogP contribution in [0.2, 0.25) is 0 Å². The monoisotopic (exact) mass is 424 g/mol. The molecule has 1 heterocycles. The highest BCUT2D eigenvalue weighted by atomic mass is 35.5. The molecule has 1 aliphatic heterocycles. The van der Waals surface area contributed by atoms with Crippen molar-refractivity contribution in [2.24, 2.45) is 0 Å². The van der Waals surface area contributed by atoms with Gasteiger partial charge in [0.15, 0.2) is 0 Å². The topological polar surface area (TPSA) is 15.3 Å². The maximum Gasteiger partial charge on any atom is 0.416 e. The summed E-state index contributed by atoms with van der Waals surface area (Å²) in [5.41, 5.74) is -2.45. The van der Waals surface area contributed by atoms with Crippen molar-refractivity contribution in [2.75, 3.05) is 26.2 Å². The van der Waals surface area contributed by atoms with E-state index in [0.717, 1.165) is 0 Å². The smallest absolute Gasteiger partial charge is 0.314 e. The number of hydrogen-bond donors (Lipinski definition) is 1. The predicted molar refractivity (Wildman–Crippen MR) is 92.9 cm³/mol. The average molecular weight is 425 g/mol. The predicted octanol–water partition coefficient (Wildman–Crippen LogP) is 5.09. The summed E-state index contributed by atoms with van der Waals surface area (Å²) in [6.07, 6.45) is -7.83. The normalized spacial score (nSPS) is 17.0. The van der Waals surface area contributed by atoms with Gasteiger partial charge in [0.1, 0.15) is 0 Å². The zero-order valence-electron chi connectivity index (χ0n) is 13.7. The van der Waals surface area contributed by atoms with Crippen LogP contribution in [0, 0.1) is 0 Å². The van der Waals surface area contributed by atoms with Crippen molar-refractivity contribution in [2.45, 2.75) is 24.8 Å². The molecule has 0 radical (unpaired) electrons. The second-order valence-electron chi connectivity index (χ2n) is 5.62. The Morgan fingerprint density at radius 3 is 2.08 bits per heavy atom. The summed E-state index contributed by atoms with van der Waals surface area (Å²) >= 11 is 0. The van der Waals surface area contributed by atoms with Gasteiger partial charge in [0.25, 0.3) is 0 Å². The molecular weight excluding hydrogens is 405 g/mol. The summed E-state index contributed by atoms with van der Waals surface area (Å²) in [5, 5.41) is 3.07. The van der Waals surface area contributed by atoms with Gasteiger partial charge in [-0.15, -0.1) is 31.4 Å². The molecule has 0 bridgehead atoms. The van der Waals surface area contributed by atoms with E-state index < -0.39 is 29.5 Å². The molecule has 2 nitrogen and oxygen atoms in total. The fourth-order valence-electron chi connectivity index (χ4n) is 2.90. The van der Waals surface area contributed by atoms with E-state index in [-0.39, 0.29) is 36.8 Å². The van der Waals surface area contributed by atoms with E-state index in [2.05, 4.69) is 11.9 Å². The van der Waals surface area contributed by atoms with E-state index in [1.54, 1.807) is 4.90 Å². The second kappa shape index (κ2) is 9.82. The van der Waals surface area contributed by atoms with E-state index in [4.69, 9.17) is 0 Å². The Balaban J connectivity index is 0.00000312. The Hall–Kier alpha value is -0.960. The lowest BCUT2D eigenvalue weighted by molar-refractivity contribution is -0.142. The lowest BCUT2D eigenvalue weighted by Crippen LogP contribution is -2.45. The van der Waals surface area contributed by atoms with Crippen molar-refractivity contribution in [1.29, 1.82) is 0 Å². The number of nitrogens with zero attached hydrogens (tertiary/aromatic N) is 1. The SMILES string of the molecule is C=CC[C@H](c1cc(C(F)(F)F)ccc1C(F)(F)F)N1CCNCC1.Cl.Cl. The largest absolute Gasteiger partial charge is 0.416 e. The molecule has 1 saturated heterocycles. The molecule has 1 fully saturated rings. The van der Waals surface area contributed by atoms with Gasteiger partial charge in [0.05, 0.1) is 11.1 Å². The summed E-state index contributed by atoms with van der Waals surface area (Å²) < 4.78 is 78.8. The van der Waals surface area contributed by atoms with Crippen LogP contribution in [-0.4, -0.2) is 31.1 Å². The van der Waals surface area contributed by atoms with Crippen LogP contribution in [0.25, 0.3) is 0 Å². The molecule has 0 unspecified atom stereocenters. The molecule has 150 valence electrons. The van der Waals surface area contributed by atoms with Crippen molar-refractivity contribution >= 4 is 24.8 Å². The van der Waals surface area contributed by atoms with Crippen LogP contribution in [-0.2, 0) is 12.4 Å². The number of benzene rings is 1. The third-order valence-corrected chi connectivity index (χ3v) is 4.03. The van der Waals surface area contributed by atoms with Crippen LogP contribution < -0.4 is 5.32 Å². The third kappa shape index (κ3) is 6.04. The summed E-state index contributed by atoms with van der Waals surface area (Å²) in [4.78, 5) is 1.77. The van der Waals surface area contributed by atoms with Crippen LogP contribution in [0.3, 0.4) is 0 Å². The van der Waals surface area contributed by atoms with Gasteiger partial charge in [-0.25, -0.2) is 0 Å². The van der Waals surface area contributed by atoms with Gasteiger partial charge >= 0.3 is 12.4 Å². The van der Waals surface area contributed by atoms with Gasteiger partial charge in [-0.3, -0.25) is 4.90 Å². The Morgan fingerprint density at radius 2 is 1.62 bits per heavy atom. The summed E-state index contributed by atoms with van der Waals surface area (Å²) in [5.74, 6) is 0. The van der Waals surface area contributed by atoms with Crippen LogP contribution >= 0.6 is 24.8 Å². The fraction of sp³-hybridized carbons (Fsp3) is 0.500. The van der Waals surface area contributed by atoms with Crippen molar-refractivity contribution in [3.63, 3.8) is 0 Å². The number of nitrogens with one attached hydrogen (secondary N) is 1. The van der Waals surface area contributed by atoms with Gasteiger partial charge in [0, 0.05) is 32.2 Å². The highest BCUT2D eigenvalue weighted by Crippen LogP contribution is 2.41. The first-order valence-corrected chi connectivity index (χ1v) is 7.48. The third-order valence-electron chi connectivity index (χ3n) is 4.03. The molecule has 2 rings (SSSR count). The van der Waals surface area contributed by atoms with Crippen LogP contribution in [0.15, 0.2) is 30.9 Å². The summed E-state index contributed by atoms with van der Waals surface area (Å²) in [6, 6.07) is 0.841. The van der Waals surface area contributed by atoms with E-state index in [1.165, 1.54) is 6.08 Å². The zero-order chi connectivity index (χ0) is 18.0. The molecule has 0 saturated carbocycles. The number of halogens is 8. The summed E-state index contributed by atoms with van der Waals surface area (Å²) in [7, 11) is 0.